The van der Waals surface area contributed by atoms with Crippen LogP contribution in [0.4, 0.5) is 0 Å². The maximum atomic E-state index is 12.8. The van der Waals surface area contributed by atoms with Gasteiger partial charge in [0.1, 0.15) is 11.4 Å². The molecule has 9 nitrogen and oxygen atoms in total. The van der Waals surface area contributed by atoms with E-state index in [1.54, 1.807) is 25.7 Å². The molecule has 2 aliphatic heterocycles. The van der Waals surface area contributed by atoms with Crippen LogP contribution in [0, 0.1) is 5.92 Å². The monoisotopic (exact) mass is 477 g/mol. The normalized spacial score (nSPS) is 19.6. The molecule has 35 heavy (non-hydrogen) atoms. The van der Waals surface area contributed by atoms with Crippen LogP contribution in [0.3, 0.4) is 0 Å². The third-order valence-electron chi connectivity index (χ3n) is 7.13. The minimum atomic E-state index is -0.163. The molecule has 184 valence electrons. The molecule has 1 unspecified atom stereocenters. The van der Waals surface area contributed by atoms with Crippen LogP contribution in [-0.4, -0.2) is 63.3 Å². The fourth-order valence-electron chi connectivity index (χ4n) is 5.12. The Labute approximate surface area is 204 Å². The van der Waals surface area contributed by atoms with E-state index in [-0.39, 0.29) is 11.5 Å². The third-order valence-corrected chi connectivity index (χ3v) is 7.13. The maximum Gasteiger partial charge on any atom is 0.227 e. The number of methoxy groups -OCH3 is 1. The second kappa shape index (κ2) is 10.5. The molecule has 0 N–H and O–H groups in total. The topological polar surface area (TPSA) is 103 Å². The Morgan fingerprint density at radius 3 is 2.77 bits per heavy atom. The first-order valence-electron chi connectivity index (χ1n) is 12.3. The summed E-state index contributed by atoms with van der Waals surface area (Å²) in [6, 6.07) is 7.91. The number of amides is 1. The Hall–Kier alpha value is -3.33. The predicted molar refractivity (Wildman–Crippen MR) is 128 cm³/mol. The molecule has 9 heteroatoms. The fourth-order valence-corrected chi connectivity index (χ4v) is 5.12. The molecule has 0 radical (unpaired) electrons. The van der Waals surface area contributed by atoms with Gasteiger partial charge in [-0.25, -0.2) is 4.98 Å². The van der Waals surface area contributed by atoms with Crippen molar-refractivity contribution in [2.45, 2.75) is 50.5 Å². The smallest absolute Gasteiger partial charge is 0.227 e. The molecule has 2 aliphatic rings. The Kier molecular flexibility index (Phi) is 7.03. The number of carbonyl (C=O) groups excluding carboxylic acids is 1. The van der Waals surface area contributed by atoms with Gasteiger partial charge in [-0.15, -0.1) is 0 Å². The summed E-state index contributed by atoms with van der Waals surface area (Å²) in [5.74, 6) is 2.55. The maximum absolute atomic E-state index is 12.8. The summed E-state index contributed by atoms with van der Waals surface area (Å²) in [6.07, 6.45) is 10.5. The van der Waals surface area contributed by atoms with E-state index in [0.717, 1.165) is 69.5 Å². The number of ether oxygens (including phenoxy) is 2. The van der Waals surface area contributed by atoms with Gasteiger partial charge in [-0.05, 0) is 55.7 Å². The van der Waals surface area contributed by atoms with E-state index in [9.17, 15) is 4.79 Å². The molecule has 0 bridgehead atoms. The highest BCUT2D eigenvalue weighted by molar-refractivity contribution is 5.76. The zero-order chi connectivity index (χ0) is 24.1. The van der Waals surface area contributed by atoms with Gasteiger partial charge < -0.3 is 18.9 Å². The van der Waals surface area contributed by atoms with Gasteiger partial charge in [-0.1, -0.05) is 17.3 Å². The van der Waals surface area contributed by atoms with Crippen molar-refractivity contribution in [1.29, 1.82) is 0 Å². The lowest BCUT2D eigenvalue weighted by Crippen LogP contribution is -2.51. The first kappa shape index (κ1) is 23.4. The van der Waals surface area contributed by atoms with Gasteiger partial charge >= 0.3 is 0 Å². The van der Waals surface area contributed by atoms with Gasteiger partial charge in [-0.2, -0.15) is 4.98 Å². The zero-order valence-electron chi connectivity index (χ0n) is 20.1. The van der Waals surface area contributed by atoms with Crippen LogP contribution in [0.1, 0.15) is 43.6 Å². The van der Waals surface area contributed by atoms with Crippen LogP contribution in [0.2, 0.25) is 0 Å². The van der Waals surface area contributed by atoms with Crippen molar-refractivity contribution in [2.75, 3.05) is 26.8 Å². The van der Waals surface area contributed by atoms with Crippen molar-refractivity contribution in [3.05, 3.63) is 54.3 Å². The molecular formula is C26H31N5O4. The molecule has 5 rings (SSSR count). The van der Waals surface area contributed by atoms with Gasteiger partial charge in [0.25, 0.3) is 0 Å². The highest BCUT2D eigenvalue weighted by atomic mass is 16.5. The van der Waals surface area contributed by atoms with E-state index in [2.05, 4.69) is 20.1 Å². The van der Waals surface area contributed by atoms with Crippen LogP contribution < -0.4 is 4.74 Å². The lowest BCUT2D eigenvalue weighted by molar-refractivity contribution is -0.147. The largest absolute Gasteiger partial charge is 0.497 e. The van der Waals surface area contributed by atoms with Crippen molar-refractivity contribution in [3.8, 4) is 17.3 Å². The Balaban J connectivity index is 1.11. The summed E-state index contributed by atoms with van der Waals surface area (Å²) in [7, 11) is 1.66. The average molecular weight is 478 g/mol. The summed E-state index contributed by atoms with van der Waals surface area (Å²) in [6.45, 7) is 2.21. The van der Waals surface area contributed by atoms with Crippen molar-refractivity contribution in [1.82, 2.24) is 25.0 Å². The van der Waals surface area contributed by atoms with Crippen LogP contribution >= 0.6 is 0 Å². The van der Waals surface area contributed by atoms with Crippen molar-refractivity contribution >= 4 is 5.91 Å². The van der Waals surface area contributed by atoms with Gasteiger partial charge in [-0.3, -0.25) is 9.78 Å². The van der Waals surface area contributed by atoms with Gasteiger partial charge in [0.2, 0.25) is 17.6 Å². The number of aryl methyl sites for hydroxylation is 1. The second-order valence-electron chi connectivity index (χ2n) is 9.43. The highest BCUT2D eigenvalue weighted by Gasteiger charge is 2.41. The fraction of sp³-hybridized carbons (Fsp3) is 0.500. The highest BCUT2D eigenvalue weighted by Crippen LogP contribution is 2.39. The Morgan fingerprint density at radius 1 is 1.20 bits per heavy atom. The number of nitrogens with zero attached hydrogens (tertiary/aromatic N) is 5. The molecule has 1 spiro atoms. The predicted octanol–water partition coefficient (Wildman–Crippen LogP) is 3.50. The number of hydrogen-bond donors (Lipinski definition) is 0. The van der Waals surface area contributed by atoms with Crippen molar-refractivity contribution in [3.63, 3.8) is 0 Å². The Bertz CT molecular complexity index is 1110. The molecule has 2 saturated heterocycles. The number of aromatic nitrogens is 4. The van der Waals surface area contributed by atoms with E-state index >= 15 is 0 Å². The van der Waals surface area contributed by atoms with E-state index in [1.165, 1.54) is 0 Å². The van der Waals surface area contributed by atoms with Crippen LogP contribution in [0.5, 0.6) is 5.75 Å². The molecule has 1 amide bonds. The molecule has 3 aromatic rings. The number of likely N-dealkylation sites (tertiary alicyclic amines) is 1. The van der Waals surface area contributed by atoms with E-state index in [0.29, 0.717) is 29.7 Å². The molecule has 1 aromatic carbocycles. The van der Waals surface area contributed by atoms with Crippen LogP contribution in [-0.2, 0) is 22.4 Å². The number of rotatable bonds is 7. The lowest BCUT2D eigenvalue weighted by Gasteiger charge is -2.46. The van der Waals surface area contributed by atoms with Crippen molar-refractivity contribution < 1.29 is 18.8 Å². The minimum Gasteiger partial charge on any atom is -0.497 e. The SMILES string of the molecule is COc1ccc(CCC(=O)N2CCC3(CC2)CC(Cc2nc(-c4cnccn4)no2)CCO3)cc1. The summed E-state index contributed by atoms with van der Waals surface area (Å²) >= 11 is 0. The van der Waals surface area contributed by atoms with Crippen LogP contribution in [0.15, 0.2) is 47.4 Å². The van der Waals surface area contributed by atoms with Gasteiger partial charge in [0.05, 0.1) is 18.9 Å². The number of hydrogen-bond acceptors (Lipinski definition) is 8. The summed E-state index contributed by atoms with van der Waals surface area (Å²) in [5.41, 5.74) is 1.59. The quantitative estimate of drug-likeness (QED) is 0.509. The molecule has 4 heterocycles. The van der Waals surface area contributed by atoms with E-state index in [4.69, 9.17) is 14.0 Å². The van der Waals surface area contributed by atoms with Gasteiger partial charge in [0, 0.05) is 44.9 Å². The number of carbonyl (C=O) groups is 1. The molecule has 0 aliphatic carbocycles. The molecule has 1 atom stereocenters. The molecule has 2 aromatic heterocycles. The minimum absolute atomic E-state index is 0.163. The van der Waals surface area contributed by atoms with Gasteiger partial charge in [0.15, 0.2) is 0 Å². The summed E-state index contributed by atoms with van der Waals surface area (Å²) in [4.78, 5) is 27.6. The number of piperidine rings is 1. The number of benzene rings is 1. The lowest BCUT2D eigenvalue weighted by atomic mass is 9.78. The van der Waals surface area contributed by atoms with Crippen LogP contribution in [0.25, 0.3) is 11.5 Å². The molecule has 2 fully saturated rings. The summed E-state index contributed by atoms with van der Waals surface area (Å²) in [5, 5.41) is 4.06. The summed E-state index contributed by atoms with van der Waals surface area (Å²) < 4.78 is 17.0. The Morgan fingerprint density at radius 2 is 2.03 bits per heavy atom. The zero-order valence-corrected chi connectivity index (χ0v) is 20.1. The van der Waals surface area contributed by atoms with E-state index in [1.807, 2.05) is 29.2 Å². The van der Waals surface area contributed by atoms with E-state index < -0.39 is 0 Å². The molecular weight excluding hydrogens is 446 g/mol. The second-order valence-corrected chi connectivity index (χ2v) is 9.43. The first-order chi connectivity index (χ1) is 17.1. The standard InChI is InChI=1S/C26H31N5O4/c1-33-21-5-2-19(3-6-21)4-7-24(32)31-13-9-26(10-14-31)17-20(8-15-34-26)16-23-29-25(30-35-23)22-18-27-11-12-28-22/h2-3,5-6,11-12,18,20H,4,7-10,13-17H2,1H3. The van der Waals surface area contributed by atoms with Crippen molar-refractivity contribution in [2.24, 2.45) is 5.92 Å². The first-order valence-corrected chi connectivity index (χ1v) is 12.3. The molecule has 0 saturated carbocycles. The third kappa shape index (κ3) is 5.67. The average Bonchev–Trinajstić information content (AvgIpc) is 3.37.